The Hall–Kier alpha value is -3.42. The second-order valence-electron chi connectivity index (χ2n) is 6.89. The Morgan fingerprint density at radius 3 is 2.38 bits per heavy atom. The lowest BCUT2D eigenvalue weighted by Gasteiger charge is -2.31. The summed E-state index contributed by atoms with van der Waals surface area (Å²) in [6, 6.07) is 10.9. The number of nitrogens with zero attached hydrogens (tertiary/aromatic N) is 4. The van der Waals surface area contributed by atoms with Gasteiger partial charge in [0.25, 0.3) is 0 Å². The lowest BCUT2D eigenvalue weighted by atomic mass is 9.95. The first-order chi connectivity index (χ1) is 14.1. The zero-order chi connectivity index (χ0) is 20.2. The Kier molecular flexibility index (Phi) is 5.41. The number of nitrogens with one attached hydrogen (secondary N) is 1. The zero-order valence-corrected chi connectivity index (χ0v) is 15.6. The second-order valence-corrected chi connectivity index (χ2v) is 6.89. The second kappa shape index (κ2) is 8.30. The summed E-state index contributed by atoms with van der Waals surface area (Å²) in [5, 5.41) is 11.3. The molecule has 1 fully saturated rings. The van der Waals surface area contributed by atoms with Crippen LogP contribution >= 0.6 is 0 Å². The van der Waals surface area contributed by atoms with E-state index in [9.17, 15) is 13.6 Å². The van der Waals surface area contributed by atoms with Crippen LogP contribution in [0.5, 0.6) is 0 Å². The number of pyridine rings is 1. The molecule has 1 N–H and O–H groups in total. The molecule has 6 nitrogen and oxygen atoms in total. The highest BCUT2D eigenvalue weighted by Gasteiger charge is 2.26. The molecule has 1 amide bonds. The lowest BCUT2D eigenvalue weighted by molar-refractivity contribution is -0.120. The molecule has 1 saturated heterocycles. The third kappa shape index (κ3) is 4.37. The molecule has 1 aliphatic rings. The molecule has 1 aromatic carbocycles. The molecule has 8 heteroatoms. The molecular weight excluding hydrogens is 376 g/mol. The Morgan fingerprint density at radius 1 is 0.966 bits per heavy atom. The molecule has 0 atom stereocenters. The minimum absolute atomic E-state index is 0.185. The number of rotatable bonds is 4. The van der Waals surface area contributed by atoms with Crippen molar-refractivity contribution in [2.75, 3.05) is 23.3 Å². The van der Waals surface area contributed by atoms with Gasteiger partial charge in [0.1, 0.15) is 0 Å². The molecule has 0 bridgehead atoms. The number of carbonyl (C=O) groups is 1. The molecule has 2 aromatic heterocycles. The van der Waals surface area contributed by atoms with Crippen molar-refractivity contribution in [1.29, 1.82) is 0 Å². The minimum atomic E-state index is -0.980. The number of anilines is 2. The Bertz CT molecular complexity index is 990. The van der Waals surface area contributed by atoms with Gasteiger partial charge in [0.15, 0.2) is 17.5 Å². The Morgan fingerprint density at radius 2 is 1.72 bits per heavy atom. The number of benzene rings is 1. The molecule has 3 heterocycles. The van der Waals surface area contributed by atoms with Crippen LogP contribution in [0.1, 0.15) is 12.8 Å². The quantitative estimate of drug-likeness (QED) is 0.730. The van der Waals surface area contributed by atoms with Gasteiger partial charge in [0, 0.05) is 48.7 Å². The number of piperidine rings is 1. The maximum atomic E-state index is 13.3. The summed E-state index contributed by atoms with van der Waals surface area (Å²) in [5.41, 5.74) is 1.98. The third-order valence-electron chi connectivity index (χ3n) is 5.00. The van der Waals surface area contributed by atoms with Crippen molar-refractivity contribution in [2.45, 2.75) is 12.8 Å². The summed E-state index contributed by atoms with van der Waals surface area (Å²) < 4.78 is 26.3. The summed E-state index contributed by atoms with van der Waals surface area (Å²) in [7, 11) is 0. The van der Waals surface area contributed by atoms with E-state index in [1.165, 1.54) is 6.07 Å². The maximum absolute atomic E-state index is 13.3. The summed E-state index contributed by atoms with van der Waals surface area (Å²) >= 11 is 0. The van der Waals surface area contributed by atoms with Crippen LogP contribution in [-0.2, 0) is 4.79 Å². The first-order valence-corrected chi connectivity index (χ1v) is 9.35. The first-order valence-electron chi connectivity index (χ1n) is 9.35. The summed E-state index contributed by atoms with van der Waals surface area (Å²) in [6.45, 7) is 1.33. The average Bonchev–Trinajstić information content (AvgIpc) is 2.77. The smallest absolute Gasteiger partial charge is 0.227 e. The Labute approximate surface area is 166 Å². The SMILES string of the molecule is O=C(Nc1ccc(F)c(F)c1)C1CCN(c2ccc(-c3ccncc3)nn2)CC1. The normalized spacial score (nSPS) is 14.6. The van der Waals surface area contributed by atoms with Crippen LogP contribution in [0.3, 0.4) is 0 Å². The molecule has 0 unspecified atom stereocenters. The molecule has 0 saturated carbocycles. The fraction of sp³-hybridized carbons (Fsp3) is 0.238. The van der Waals surface area contributed by atoms with Crippen LogP contribution in [0.25, 0.3) is 11.3 Å². The summed E-state index contributed by atoms with van der Waals surface area (Å²) in [6.07, 6.45) is 4.70. The van der Waals surface area contributed by atoms with Crippen LogP contribution in [-0.4, -0.2) is 34.2 Å². The van der Waals surface area contributed by atoms with Gasteiger partial charge in [-0.1, -0.05) is 0 Å². The molecule has 3 aromatic rings. The highest BCUT2D eigenvalue weighted by molar-refractivity contribution is 5.92. The molecule has 0 aliphatic carbocycles. The van der Waals surface area contributed by atoms with E-state index in [4.69, 9.17) is 0 Å². The standard InChI is InChI=1S/C21H19F2N5O/c22-17-2-1-16(13-18(17)23)25-21(29)15-7-11-28(12-8-15)20-4-3-19(26-27-20)14-5-9-24-10-6-14/h1-6,9-10,13,15H,7-8,11-12H2,(H,25,29). The minimum Gasteiger partial charge on any atom is -0.355 e. The molecular formula is C21H19F2N5O. The fourth-order valence-electron chi connectivity index (χ4n) is 3.36. The van der Waals surface area contributed by atoms with Gasteiger partial charge in [-0.3, -0.25) is 9.78 Å². The van der Waals surface area contributed by atoms with E-state index < -0.39 is 11.6 Å². The highest BCUT2D eigenvalue weighted by atomic mass is 19.2. The van der Waals surface area contributed by atoms with Crippen LogP contribution in [0, 0.1) is 17.6 Å². The first kappa shape index (κ1) is 18.9. The molecule has 148 valence electrons. The molecule has 4 rings (SSSR count). The van der Waals surface area contributed by atoms with Gasteiger partial charge >= 0.3 is 0 Å². The number of carbonyl (C=O) groups excluding carboxylic acids is 1. The van der Waals surface area contributed by atoms with Gasteiger partial charge in [-0.25, -0.2) is 8.78 Å². The van der Waals surface area contributed by atoms with E-state index in [1.807, 2.05) is 24.3 Å². The van der Waals surface area contributed by atoms with Crippen molar-refractivity contribution in [2.24, 2.45) is 5.92 Å². The van der Waals surface area contributed by atoms with Crippen molar-refractivity contribution in [3.8, 4) is 11.3 Å². The van der Waals surface area contributed by atoms with Crippen molar-refractivity contribution in [3.63, 3.8) is 0 Å². The van der Waals surface area contributed by atoms with Crippen LogP contribution in [0.4, 0.5) is 20.3 Å². The molecule has 0 radical (unpaired) electrons. The summed E-state index contributed by atoms with van der Waals surface area (Å²) in [4.78, 5) is 18.5. The van der Waals surface area contributed by atoms with Crippen molar-refractivity contribution < 1.29 is 13.6 Å². The van der Waals surface area contributed by atoms with Crippen molar-refractivity contribution >= 4 is 17.4 Å². The monoisotopic (exact) mass is 395 g/mol. The number of hydrogen-bond acceptors (Lipinski definition) is 5. The van der Waals surface area contributed by atoms with E-state index in [0.29, 0.717) is 25.9 Å². The largest absolute Gasteiger partial charge is 0.355 e. The van der Waals surface area contributed by atoms with E-state index in [0.717, 1.165) is 29.2 Å². The number of hydrogen-bond donors (Lipinski definition) is 1. The number of amides is 1. The summed E-state index contributed by atoms with van der Waals surface area (Å²) in [5.74, 6) is -1.53. The lowest BCUT2D eigenvalue weighted by Crippen LogP contribution is -2.38. The molecule has 0 spiro atoms. The van der Waals surface area contributed by atoms with Crippen LogP contribution in [0.2, 0.25) is 0 Å². The van der Waals surface area contributed by atoms with Gasteiger partial charge in [-0.15, -0.1) is 10.2 Å². The van der Waals surface area contributed by atoms with Crippen LogP contribution < -0.4 is 10.2 Å². The maximum Gasteiger partial charge on any atom is 0.227 e. The fourth-order valence-corrected chi connectivity index (χ4v) is 3.36. The van der Waals surface area contributed by atoms with E-state index >= 15 is 0 Å². The van der Waals surface area contributed by atoms with Crippen molar-refractivity contribution in [3.05, 3.63) is 66.5 Å². The van der Waals surface area contributed by atoms with E-state index in [2.05, 4.69) is 25.4 Å². The zero-order valence-electron chi connectivity index (χ0n) is 15.6. The number of halogens is 2. The number of aromatic nitrogens is 3. The molecule has 29 heavy (non-hydrogen) atoms. The predicted octanol–water partition coefficient (Wildman–Crippen LogP) is 3.67. The third-order valence-corrected chi connectivity index (χ3v) is 5.00. The predicted molar refractivity (Wildman–Crippen MR) is 105 cm³/mol. The topological polar surface area (TPSA) is 71.0 Å². The van der Waals surface area contributed by atoms with Gasteiger partial charge in [-0.2, -0.15) is 0 Å². The average molecular weight is 395 g/mol. The molecule has 1 aliphatic heterocycles. The van der Waals surface area contributed by atoms with E-state index in [-0.39, 0.29) is 17.5 Å². The van der Waals surface area contributed by atoms with Crippen molar-refractivity contribution in [1.82, 2.24) is 15.2 Å². The van der Waals surface area contributed by atoms with Gasteiger partial charge in [-0.05, 0) is 49.2 Å². The van der Waals surface area contributed by atoms with Gasteiger partial charge in [0.05, 0.1) is 5.69 Å². The Balaban J connectivity index is 1.34. The van der Waals surface area contributed by atoms with Gasteiger partial charge < -0.3 is 10.2 Å². The van der Waals surface area contributed by atoms with Crippen LogP contribution in [0.15, 0.2) is 54.9 Å². The highest BCUT2D eigenvalue weighted by Crippen LogP contribution is 2.24. The van der Waals surface area contributed by atoms with Gasteiger partial charge in [0.2, 0.25) is 5.91 Å². The van der Waals surface area contributed by atoms with E-state index in [1.54, 1.807) is 12.4 Å².